The standard InChI is InChI=1S/C17H12F3NO4S/c1-21-10-6-9(18)7-11(8-10)25-14-4-5-15(26(23,24)17(19)20)16-12(14)2-3-13(16)22/h4-8,13,17,22H,2-3H2/t13-/m1/s1. The van der Waals surface area contributed by atoms with Crippen molar-refractivity contribution in [3.05, 3.63) is 58.7 Å². The van der Waals surface area contributed by atoms with Crippen LogP contribution in [0.3, 0.4) is 0 Å². The predicted molar refractivity (Wildman–Crippen MR) is 85.6 cm³/mol. The Morgan fingerprint density at radius 3 is 2.65 bits per heavy atom. The lowest BCUT2D eigenvalue weighted by Crippen LogP contribution is -2.15. The van der Waals surface area contributed by atoms with Gasteiger partial charge in [-0.25, -0.2) is 17.7 Å². The smallest absolute Gasteiger partial charge is 0.341 e. The first-order chi connectivity index (χ1) is 12.2. The molecule has 1 aliphatic rings. The molecule has 5 nitrogen and oxygen atoms in total. The fourth-order valence-corrected chi connectivity index (χ4v) is 3.93. The molecule has 3 rings (SSSR count). The van der Waals surface area contributed by atoms with Crippen molar-refractivity contribution < 1.29 is 31.4 Å². The lowest BCUT2D eigenvalue weighted by atomic mass is 10.1. The normalized spacial score (nSPS) is 16.4. The molecule has 0 amide bonds. The van der Waals surface area contributed by atoms with E-state index in [0.29, 0.717) is 0 Å². The molecule has 0 aromatic heterocycles. The highest BCUT2D eigenvalue weighted by Crippen LogP contribution is 2.43. The Labute approximate surface area is 147 Å². The zero-order valence-electron chi connectivity index (χ0n) is 13.1. The molecule has 0 saturated carbocycles. The van der Waals surface area contributed by atoms with E-state index in [1.54, 1.807) is 0 Å². The van der Waals surface area contributed by atoms with E-state index < -0.39 is 32.4 Å². The minimum Gasteiger partial charge on any atom is -0.458 e. The average molecular weight is 383 g/mol. The molecule has 1 atom stereocenters. The zero-order chi connectivity index (χ0) is 19.1. The minimum atomic E-state index is -4.89. The van der Waals surface area contributed by atoms with Gasteiger partial charge in [-0.05, 0) is 37.1 Å². The second-order valence-corrected chi connectivity index (χ2v) is 7.56. The van der Waals surface area contributed by atoms with Crippen LogP contribution in [0.2, 0.25) is 0 Å². The van der Waals surface area contributed by atoms with Crippen LogP contribution in [0.25, 0.3) is 4.85 Å². The number of benzene rings is 2. The number of fused-ring (bicyclic) bond motifs is 1. The average Bonchev–Trinajstić information content (AvgIpc) is 2.96. The van der Waals surface area contributed by atoms with E-state index in [9.17, 15) is 26.7 Å². The summed E-state index contributed by atoms with van der Waals surface area (Å²) in [6.07, 6.45) is -0.857. The molecule has 0 unspecified atom stereocenters. The van der Waals surface area contributed by atoms with Crippen LogP contribution < -0.4 is 4.74 Å². The summed E-state index contributed by atoms with van der Waals surface area (Å²) in [5, 5.41) is 10.1. The Bertz CT molecular complexity index is 1020. The summed E-state index contributed by atoms with van der Waals surface area (Å²) in [5.41, 5.74) is 0.158. The lowest BCUT2D eigenvalue weighted by Gasteiger charge is -2.16. The third-order valence-corrected chi connectivity index (χ3v) is 5.47. The molecule has 2 aromatic carbocycles. The summed E-state index contributed by atoms with van der Waals surface area (Å²) in [5.74, 6) is -4.19. The van der Waals surface area contributed by atoms with Crippen LogP contribution in [0.5, 0.6) is 11.5 Å². The van der Waals surface area contributed by atoms with Crippen LogP contribution in [-0.2, 0) is 16.3 Å². The molecular formula is C17H12F3NO4S. The molecule has 0 heterocycles. The number of aliphatic hydroxyl groups is 1. The highest BCUT2D eigenvalue weighted by molar-refractivity contribution is 7.91. The largest absolute Gasteiger partial charge is 0.458 e. The molecule has 26 heavy (non-hydrogen) atoms. The maximum absolute atomic E-state index is 13.5. The first-order valence-corrected chi connectivity index (χ1v) is 9.00. The van der Waals surface area contributed by atoms with Crippen LogP contribution in [0, 0.1) is 12.4 Å². The Hall–Kier alpha value is -2.57. The molecule has 136 valence electrons. The number of aliphatic hydroxyl groups excluding tert-OH is 1. The molecule has 1 N–H and O–H groups in total. The second kappa shape index (κ2) is 6.63. The highest BCUT2D eigenvalue weighted by Gasteiger charge is 2.36. The van der Waals surface area contributed by atoms with Crippen molar-refractivity contribution in [1.29, 1.82) is 0 Å². The molecule has 0 saturated heterocycles. The van der Waals surface area contributed by atoms with Crippen LogP contribution >= 0.6 is 0 Å². The van der Waals surface area contributed by atoms with Crippen LogP contribution in [0.1, 0.15) is 23.7 Å². The molecule has 0 bridgehead atoms. The van der Waals surface area contributed by atoms with E-state index in [-0.39, 0.29) is 41.2 Å². The van der Waals surface area contributed by atoms with Crippen molar-refractivity contribution in [3.63, 3.8) is 0 Å². The fourth-order valence-electron chi connectivity index (χ4n) is 2.91. The summed E-state index contributed by atoms with van der Waals surface area (Å²) in [6.45, 7) is 6.93. The van der Waals surface area contributed by atoms with Gasteiger partial charge in [0.1, 0.15) is 17.3 Å². The van der Waals surface area contributed by atoms with Crippen LogP contribution in [0.4, 0.5) is 18.9 Å². The van der Waals surface area contributed by atoms with Gasteiger partial charge in [-0.15, -0.1) is 0 Å². The molecule has 0 aliphatic heterocycles. The van der Waals surface area contributed by atoms with Crippen molar-refractivity contribution >= 4 is 15.5 Å². The maximum Gasteiger partial charge on any atom is 0.341 e. The summed E-state index contributed by atoms with van der Waals surface area (Å²) in [7, 11) is -4.89. The quantitative estimate of drug-likeness (QED) is 0.806. The van der Waals surface area contributed by atoms with Gasteiger partial charge in [0.15, 0.2) is 5.69 Å². The van der Waals surface area contributed by atoms with Crippen LogP contribution in [-0.4, -0.2) is 19.3 Å². The van der Waals surface area contributed by atoms with Gasteiger partial charge in [-0.3, -0.25) is 0 Å². The summed E-state index contributed by atoms with van der Waals surface area (Å²) >= 11 is 0. The van der Waals surface area contributed by atoms with E-state index in [4.69, 9.17) is 11.3 Å². The van der Waals surface area contributed by atoms with Gasteiger partial charge in [0.25, 0.3) is 0 Å². The number of hydrogen-bond donors (Lipinski definition) is 1. The van der Waals surface area contributed by atoms with E-state index in [0.717, 1.165) is 18.2 Å². The lowest BCUT2D eigenvalue weighted by molar-refractivity contribution is 0.176. The van der Waals surface area contributed by atoms with Gasteiger partial charge in [-0.1, -0.05) is 0 Å². The second-order valence-electron chi connectivity index (χ2n) is 5.67. The molecule has 1 aliphatic carbocycles. The first kappa shape index (κ1) is 18.2. The summed E-state index contributed by atoms with van der Waals surface area (Å²) in [6, 6.07) is 5.48. The van der Waals surface area contributed by atoms with Gasteiger partial charge in [0, 0.05) is 17.2 Å². The number of alkyl halides is 2. The van der Waals surface area contributed by atoms with Gasteiger partial charge in [0.2, 0.25) is 9.84 Å². The number of ether oxygens (including phenoxy) is 1. The van der Waals surface area contributed by atoms with Crippen molar-refractivity contribution in [1.82, 2.24) is 0 Å². The molecule has 9 heteroatoms. The van der Waals surface area contributed by atoms with Gasteiger partial charge in [0.05, 0.1) is 17.6 Å². The minimum absolute atomic E-state index is 0.00376. The van der Waals surface area contributed by atoms with E-state index in [2.05, 4.69) is 4.85 Å². The maximum atomic E-state index is 13.5. The molecule has 0 spiro atoms. The van der Waals surface area contributed by atoms with E-state index in [1.165, 1.54) is 12.1 Å². The van der Waals surface area contributed by atoms with Crippen molar-refractivity contribution in [2.24, 2.45) is 0 Å². The number of halogens is 3. The van der Waals surface area contributed by atoms with Crippen LogP contribution in [0.15, 0.2) is 35.2 Å². The summed E-state index contributed by atoms with van der Waals surface area (Å²) < 4.78 is 68.6. The highest BCUT2D eigenvalue weighted by atomic mass is 32.2. The summed E-state index contributed by atoms with van der Waals surface area (Å²) in [4.78, 5) is 2.47. The number of rotatable bonds is 4. The Morgan fingerprint density at radius 1 is 1.27 bits per heavy atom. The SMILES string of the molecule is [C-]#[N+]c1cc(F)cc(Oc2ccc(S(=O)(=O)C(F)F)c3c2CC[C@H]3O)c1. The predicted octanol–water partition coefficient (Wildman–Crippen LogP) is 4.14. The fraction of sp³-hybridized carbons (Fsp3) is 0.235. The number of nitrogens with zero attached hydrogens (tertiary/aromatic N) is 1. The number of hydrogen-bond acceptors (Lipinski definition) is 4. The molecule has 2 aromatic rings. The van der Waals surface area contributed by atoms with Gasteiger partial charge < -0.3 is 9.84 Å². The van der Waals surface area contributed by atoms with Gasteiger partial charge >= 0.3 is 5.76 Å². The molecule has 0 fully saturated rings. The zero-order valence-corrected chi connectivity index (χ0v) is 13.9. The van der Waals surface area contributed by atoms with Crippen molar-refractivity contribution in [2.75, 3.05) is 0 Å². The van der Waals surface area contributed by atoms with E-state index >= 15 is 0 Å². The van der Waals surface area contributed by atoms with E-state index in [1.807, 2.05) is 0 Å². The third-order valence-electron chi connectivity index (χ3n) is 4.03. The molecular weight excluding hydrogens is 371 g/mol. The van der Waals surface area contributed by atoms with Gasteiger partial charge in [-0.2, -0.15) is 8.78 Å². The van der Waals surface area contributed by atoms with Crippen molar-refractivity contribution in [2.45, 2.75) is 29.6 Å². The first-order valence-electron chi connectivity index (χ1n) is 7.46. The number of sulfone groups is 1. The topological polar surface area (TPSA) is 68.0 Å². The molecule has 0 radical (unpaired) electrons. The monoisotopic (exact) mass is 383 g/mol. The third kappa shape index (κ3) is 3.13. The Balaban J connectivity index is 2.09. The Kier molecular flexibility index (Phi) is 4.64. The Morgan fingerprint density at radius 2 is 2.00 bits per heavy atom. The van der Waals surface area contributed by atoms with Crippen molar-refractivity contribution in [3.8, 4) is 11.5 Å².